The summed E-state index contributed by atoms with van der Waals surface area (Å²) in [6, 6.07) is 7.28. The third-order valence-electron chi connectivity index (χ3n) is 4.72. The van der Waals surface area contributed by atoms with E-state index in [1.54, 1.807) is 24.1 Å². The third kappa shape index (κ3) is 7.03. The predicted octanol–water partition coefficient (Wildman–Crippen LogP) is 3.15. The van der Waals surface area contributed by atoms with E-state index >= 15 is 0 Å². The minimum atomic E-state index is -0.319. The van der Waals surface area contributed by atoms with Crippen LogP contribution in [0.15, 0.2) is 29.3 Å². The SMILES string of the molecule is CN=C(NCCOc1ccc(Cl)cc1)NCC1(C(=O)N(C)C)CCCC1.I. The maximum absolute atomic E-state index is 12.6. The molecule has 0 unspecified atom stereocenters. The van der Waals surface area contributed by atoms with E-state index in [2.05, 4.69) is 15.6 Å². The number of guanidine groups is 1. The number of amides is 1. The molecule has 1 saturated carbocycles. The van der Waals surface area contributed by atoms with Crippen molar-refractivity contribution in [3.8, 4) is 5.75 Å². The number of nitrogens with zero attached hydrogens (tertiary/aromatic N) is 2. The van der Waals surface area contributed by atoms with Crippen molar-refractivity contribution in [2.75, 3.05) is 40.8 Å². The van der Waals surface area contributed by atoms with Gasteiger partial charge in [0.05, 0.1) is 12.0 Å². The van der Waals surface area contributed by atoms with Gasteiger partial charge in [0.15, 0.2) is 5.96 Å². The standard InChI is InChI=1S/C19H29ClN4O2.HI/c1-21-18(22-12-13-26-16-8-6-15(20)7-9-16)23-14-19(10-4-5-11-19)17(25)24(2)3;/h6-9H,4-5,10-14H2,1-3H3,(H2,21,22,23);1H. The summed E-state index contributed by atoms with van der Waals surface area (Å²) in [5.74, 6) is 1.66. The molecule has 1 fully saturated rings. The molecule has 1 aromatic carbocycles. The molecule has 2 rings (SSSR count). The highest BCUT2D eigenvalue weighted by atomic mass is 127. The van der Waals surface area contributed by atoms with Crippen LogP contribution in [0.5, 0.6) is 5.75 Å². The zero-order valence-corrected chi connectivity index (χ0v) is 19.3. The van der Waals surface area contributed by atoms with Gasteiger partial charge in [-0.2, -0.15) is 0 Å². The van der Waals surface area contributed by atoms with Crippen LogP contribution in [0.2, 0.25) is 5.02 Å². The number of ether oxygens (including phenoxy) is 1. The fourth-order valence-electron chi connectivity index (χ4n) is 3.34. The summed E-state index contributed by atoms with van der Waals surface area (Å²) >= 11 is 5.86. The van der Waals surface area contributed by atoms with Gasteiger partial charge in [-0.05, 0) is 37.1 Å². The van der Waals surface area contributed by atoms with Crippen molar-refractivity contribution < 1.29 is 9.53 Å². The smallest absolute Gasteiger partial charge is 0.230 e. The van der Waals surface area contributed by atoms with Gasteiger partial charge >= 0.3 is 0 Å². The first-order chi connectivity index (χ1) is 12.5. The van der Waals surface area contributed by atoms with Gasteiger partial charge < -0.3 is 20.3 Å². The van der Waals surface area contributed by atoms with Gasteiger partial charge in [0.2, 0.25) is 5.91 Å². The van der Waals surface area contributed by atoms with Crippen LogP contribution in [0.3, 0.4) is 0 Å². The molecule has 0 aliphatic heterocycles. The van der Waals surface area contributed by atoms with E-state index in [-0.39, 0.29) is 35.3 Å². The number of benzene rings is 1. The summed E-state index contributed by atoms with van der Waals surface area (Å²) < 4.78 is 5.66. The lowest BCUT2D eigenvalue weighted by molar-refractivity contribution is -0.138. The van der Waals surface area contributed by atoms with Crippen molar-refractivity contribution >= 4 is 47.4 Å². The number of nitrogens with one attached hydrogen (secondary N) is 2. The Hall–Kier alpha value is -1.22. The molecule has 0 aromatic heterocycles. The van der Waals surface area contributed by atoms with Crippen LogP contribution in [0.1, 0.15) is 25.7 Å². The van der Waals surface area contributed by atoms with Gasteiger partial charge in [-0.15, -0.1) is 24.0 Å². The monoisotopic (exact) mass is 508 g/mol. The van der Waals surface area contributed by atoms with Gasteiger partial charge in [0.1, 0.15) is 12.4 Å². The minimum absolute atomic E-state index is 0. The highest BCUT2D eigenvalue weighted by molar-refractivity contribution is 14.0. The molecule has 2 N–H and O–H groups in total. The molecule has 0 radical (unpaired) electrons. The van der Waals surface area contributed by atoms with Crippen LogP contribution in [-0.4, -0.2) is 57.6 Å². The first kappa shape index (κ1) is 23.8. The van der Waals surface area contributed by atoms with E-state index in [0.717, 1.165) is 31.4 Å². The van der Waals surface area contributed by atoms with E-state index in [9.17, 15) is 4.79 Å². The lowest BCUT2D eigenvalue weighted by atomic mass is 9.84. The molecule has 152 valence electrons. The summed E-state index contributed by atoms with van der Waals surface area (Å²) in [5, 5.41) is 7.22. The van der Waals surface area contributed by atoms with Crippen LogP contribution < -0.4 is 15.4 Å². The number of hydrogen-bond donors (Lipinski definition) is 2. The quantitative estimate of drug-likeness (QED) is 0.257. The van der Waals surface area contributed by atoms with Crippen LogP contribution >= 0.6 is 35.6 Å². The summed E-state index contributed by atoms with van der Waals surface area (Å²) in [7, 11) is 5.37. The highest BCUT2D eigenvalue weighted by Crippen LogP contribution is 2.38. The van der Waals surface area contributed by atoms with Crippen LogP contribution in [0.4, 0.5) is 0 Å². The third-order valence-corrected chi connectivity index (χ3v) is 4.97. The molecule has 1 amide bonds. The first-order valence-electron chi connectivity index (χ1n) is 9.01. The van der Waals surface area contributed by atoms with Gasteiger partial charge in [-0.25, -0.2) is 0 Å². The van der Waals surface area contributed by atoms with Gasteiger partial charge in [0.25, 0.3) is 0 Å². The van der Waals surface area contributed by atoms with Crippen LogP contribution in [0, 0.1) is 5.41 Å². The van der Waals surface area contributed by atoms with Crippen molar-refractivity contribution in [1.82, 2.24) is 15.5 Å². The van der Waals surface area contributed by atoms with E-state index in [1.165, 1.54) is 0 Å². The minimum Gasteiger partial charge on any atom is -0.492 e. The van der Waals surface area contributed by atoms with Crippen molar-refractivity contribution in [1.29, 1.82) is 0 Å². The van der Waals surface area contributed by atoms with Gasteiger partial charge in [-0.1, -0.05) is 24.4 Å². The molecule has 0 saturated heterocycles. The average molecular weight is 509 g/mol. The molecule has 1 aromatic rings. The molecule has 0 bridgehead atoms. The fourth-order valence-corrected chi connectivity index (χ4v) is 3.46. The molecule has 8 heteroatoms. The molecule has 0 spiro atoms. The molecule has 1 aliphatic rings. The zero-order chi connectivity index (χ0) is 19.0. The second kappa shape index (κ2) is 11.6. The second-order valence-corrected chi connectivity index (χ2v) is 7.28. The molecule has 6 nitrogen and oxygen atoms in total. The van der Waals surface area contributed by atoms with Crippen LogP contribution in [0.25, 0.3) is 0 Å². The molecular weight excluding hydrogens is 479 g/mol. The Bertz CT molecular complexity index is 617. The number of carbonyl (C=O) groups is 1. The van der Waals surface area contributed by atoms with Crippen molar-refractivity contribution in [3.63, 3.8) is 0 Å². The summed E-state index contributed by atoms with van der Waals surface area (Å²) in [6.45, 7) is 1.71. The van der Waals surface area contributed by atoms with E-state index in [4.69, 9.17) is 16.3 Å². The maximum atomic E-state index is 12.6. The van der Waals surface area contributed by atoms with Crippen molar-refractivity contribution in [3.05, 3.63) is 29.3 Å². The fraction of sp³-hybridized carbons (Fsp3) is 0.579. The topological polar surface area (TPSA) is 66.0 Å². The normalized spacial score (nSPS) is 15.6. The number of halogens is 2. The highest BCUT2D eigenvalue weighted by Gasteiger charge is 2.42. The number of aliphatic imine (C=N–C) groups is 1. The van der Waals surface area contributed by atoms with Gasteiger partial charge in [-0.3, -0.25) is 9.79 Å². The lowest BCUT2D eigenvalue weighted by Crippen LogP contribution is -2.49. The summed E-state index contributed by atoms with van der Waals surface area (Å²) in [6.07, 6.45) is 4.05. The Balaban J connectivity index is 0.00000364. The Kier molecular flexibility index (Phi) is 10.2. The maximum Gasteiger partial charge on any atom is 0.230 e. The largest absolute Gasteiger partial charge is 0.492 e. The number of carbonyl (C=O) groups excluding carboxylic acids is 1. The average Bonchev–Trinajstić information content (AvgIpc) is 3.12. The Labute approximate surface area is 184 Å². The van der Waals surface area contributed by atoms with E-state index in [0.29, 0.717) is 30.7 Å². The molecule has 0 atom stereocenters. The van der Waals surface area contributed by atoms with Crippen LogP contribution in [-0.2, 0) is 4.79 Å². The number of hydrogen-bond acceptors (Lipinski definition) is 3. The molecule has 27 heavy (non-hydrogen) atoms. The Morgan fingerprint density at radius 1 is 1.22 bits per heavy atom. The summed E-state index contributed by atoms with van der Waals surface area (Å²) in [5.41, 5.74) is -0.319. The van der Waals surface area contributed by atoms with Crippen molar-refractivity contribution in [2.45, 2.75) is 25.7 Å². The molecular formula is C19H30ClIN4O2. The lowest BCUT2D eigenvalue weighted by Gasteiger charge is -2.31. The summed E-state index contributed by atoms with van der Waals surface area (Å²) in [4.78, 5) is 18.5. The van der Waals surface area contributed by atoms with E-state index in [1.807, 2.05) is 26.2 Å². The zero-order valence-electron chi connectivity index (χ0n) is 16.3. The van der Waals surface area contributed by atoms with Crippen molar-refractivity contribution in [2.24, 2.45) is 10.4 Å². The Morgan fingerprint density at radius 2 is 1.85 bits per heavy atom. The Morgan fingerprint density at radius 3 is 2.41 bits per heavy atom. The number of rotatable bonds is 7. The first-order valence-corrected chi connectivity index (χ1v) is 9.39. The molecule has 0 heterocycles. The predicted molar refractivity (Wildman–Crippen MR) is 121 cm³/mol. The second-order valence-electron chi connectivity index (χ2n) is 6.84. The van der Waals surface area contributed by atoms with E-state index < -0.39 is 0 Å². The molecule has 1 aliphatic carbocycles. The van der Waals surface area contributed by atoms with Gasteiger partial charge in [0, 0.05) is 32.7 Å².